The van der Waals surface area contributed by atoms with Gasteiger partial charge in [0.2, 0.25) is 0 Å². The van der Waals surface area contributed by atoms with Crippen LogP contribution in [0.1, 0.15) is 52.8 Å². The molecule has 4 amide bonds. The molecule has 3 rings (SSSR count). The van der Waals surface area contributed by atoms with Gasteiger partial charge in [0.25, 0.3) is 11.8 Å². The highest BCUT2D eigenvalue weighted by molar-refractivity contribution is 9.10. The number of amides is 4. The van der Waals surface area contributed by atoms with Crippen LogP contribution < -0.4 is 5.32 Å². The highest BCUT2D eigenvalue weighted by atomic mass is 79.9. The van der Waals surface area contributed by atoms with Gasteiger partial charge in [0.1, 0.15) is 0 Å². The molecule has 1 fully saturated rings. The maximum absolute atomic E-state index is 12.4. The third kappa shape index (κ3) is 4.03. The molecule has 1 N–H and O–H groups in total. The van der Waals surface area contributed by atoms with Gasteiger partial charge >= 0.3 is 6.03 Å². The molecular weight excluding hydrogens is 386 g/mol. The summed E-state index contributed by atoms with van der Waals surface area (Å²) in [5.41, 5.74) is 0.884. The normalized spacial score (nSPS) is 17.5. The lowest BCUT2D eigenvalue weighted by atomic mass is 10.1. The zero-order chi connectivity index (χ0) is 17.8. The molecule has 0 radical (unpaired) electrons. The van der Waals surface area contributed by atoms with Crippen LogP contribution >= 0.6 is 15.9 Å². The third-order valence-electron chi connectivity index (χ3n) is 4.66. The molecule has 25 heavy (non-hydrogen) atoms. The van der Waals surface area contributed by atoms with Crippen LogP contribution in [0.25, 0.3) is 0 Å². The summed E-state index contributed by atoms with van der Waals surface area (Å²) in [5.74, 6) is -0.522. The summed E-state index contributed by atoms with van der Waals surface area (Å²) in [7, 11) is 0. The number of likely N-dealkylation sites (tertiary alicyclic amines) is 1. The van der Waals surface area contributed by atoms with E-state index in [0.717, 1.165) is 30.4 Å². The van der Waals surface area contributed by atoms with Crippen LogP contribution in [0.15, 0.2) is 22.7 Å². The molecule has 2 heterocycles. The standard InChI is InChI=1S/C18H22BrN3O3/c19-13-6-7-14-15(12-13)17(24)22(16(14)23)11-5-8-20-18(25)21-9-3-1-2-4-10-21/h6-7,12H,1-5,8-11H2,(H,20,25). The van der Waals surface area contributed by atoms with Crippen molar-refractivity contribution in [2.45, 2.75) is 32.1 Å². The molecule has 0 spiro atoms. The number of rotatable bonds is 4. The molecule has 2 aliphatic rings. The highest BCUT2D eigenvalue weighted by Crippen LogP contribution is 2.26. The number of carbonyl (C=O) groups excluding carboxylic acids is 3. The number of fused-ring (bicyclic) bond motifs is 1. The van der Waals surface area contributed by atoms with E-state index in [1.165, 1.54) is 17.7 Å². The van der Waals surface area contributed by atoms with E-state index in [1.54, 1.807) is 18.2 Å². The number of imide groups is 1. The van der Waals surface area contributed by atoms with Crippen molar-refractivity contribution in [1.82, 2.24) is 15.1 Å². The predicted octanol–water partition coefficient (Wildman–Crippen LogP) is 3.02. The van der Waals surface area contributed by atoms with Crippen molar-refractivity contribution in [3.05, 3.63) is 33.8 Å². The van der Waals surface area contributed by atoms with E-state index in [1.807, 2.05) is 4.90 Å². The first-order valence-electron chi connectivity index (χ1n) is 8.76. The van der Waals surface area contributed by atoms with Crippen LogP contribution in [0, 0.1) is 0 Å². The van der Waals surface area contributed by atoms with Crippen molar-refractivity contribution in [3.63, 3.8) is 0 Å². The minimum atomic E-state index is -0.264. The lowest BCUT2D eigenvalue weighted by Gasteiger charge is -2.21. The van der Waals surface area contributed by atoms with E-state index in [2.05, 4.69) is 21.2 Å². The smallest absolute Gasteiger partial charge is 0.317 e. The summed E-state index contributed by atoms with van der Waals surface area (Å²) in [6.45, 7) is 2.37. The van der Waals surface area contributed by atoms with Crippen LogP contribution in [0.5, 0.6) is 0 Å². The summed E-state index contributed by atoms with van der Waals surface area (Å²) >= 11 is 3.32. The fourth-order valence-electron chi connectivity index (χ4n) is 3.28. The van der Waals surface area contributed by atoms with Gasteiger partial charge in [0.05, 0.1) is 11.1 Å². The first-order chi connectivity index (χ1) is 12.1. The van der Waals surface area contributed by atoms with Crippen molar-refractivity contribution in [1.29, 1.82) is 0 Å². The van der Waals surface area contributed by atoms with Crippen molar-refractivity contribution in [3.8, 4) is 0 Å². The van der Waals surface area contributed by atoms with Crippen LogP contribution in [-0.2, 0) is 0 Å². The molecule has 0 atom stereocenters. The minimum absolute atomic E-state index is 0.0480. The zero-order valence-electron chi connectivity index (χ0n) is 14.1. The van der Waals surface area contributed by atoms with Crippen LogP contribution in [0.3, 0.4) is 0 Å². The van der Waals surface area contributed by atoms with Gasteiger partial charge in [-0.2, -0.15) is 0 Å². The van der Waals surface area contributed by atoms with Crippen molar-refractivity contribution >= 4 is 33.8 Å². The molecule has 1 aromatic carbocycles. The highest BCUT2D eigenvalue weighted by Gasteiger charge is 2.35. The number of nitrogens with zero attached hydrogens (tertiary/aromatic N) is 2. The van der Waals surface area contributed by atoms with E-state index in [4.69, 9.17) is 0 Å². The van der Waals surface area contributed by atoms with E-state index in [-0.39, 0.29) is 17.8 Å². The molecule has 0 aliphatic carbocycles. The fourth-order valence-corrected chi connectivity index (χ4v) is 3.65. The molecular formula is C18H22BrN3O3. The summed E-state index contributed by atoms with van der Waals surface area (Å²) < 4.78 is 0.777. The number of hydrogen-bond acceptors (Lipinski definition) is 3. The van der Waals surface area contributed by atoms with Gasteiger partial charge in [-0.3, -0.25) is 14.5 Å². The van der Waals surface area contributed by atoms with Crippen LogP contribution in [0.4, 0.5) is 4.79 Å². The number of carbonyl (C=O) groups is 3. The second kappa shape index (κ2) is 7.99. The average molecular weight is 408 g/mol. The average Bonchev–Trinajstić information content (AvgIpc) is 2.81. The molecule has 0 unspecified atom stereocenters. The Kier molecular flexibility index (Phi) is 5.73. The summed E-state index contributed by atoms with van der Waals surface area (Å²) in [4.78, 5) is 40.0. The first kappa shape index (κ1) is 17.9. The van der Waals surface area contributed by atoms with Gasteiger partial charge in [0, 0.05) is 30.7 Å². The van der Waals surface area contributed by atoms with E-state index < -0.39 is 0 Å². The van der Waals surface area contributed by atoms with E-state index >= 15 is 0 Å². The van der Waals surface area contributed by atoms with Gasteiger partial charge in [-0.1, -0.05) is 28.8 Å². The Labute approximate surface area is 155 Å². The Balaban J connectivity index is 1.47. The maximum Gasteiger partial charge on any atom is 0.317 e. The second-order valence-corrected chi connectivity index (χ2v) is 7.35. The molecule has 0 saturated carbocycles. The zero-order valence-corrected chi connectivity index (χ0v) is 15.7. The van der Waals surface area contributed by atoms with E-state index in [0.29, 0.717) is 30.6 Å². The summed E-state index contributed by atoms with van der Waals surface area (Å²) in [5, 5.41) is 2.89. The topological polar surface area (TPSA) is 69.7 Å². The lowest BCUT2D eigenvalue weighted by Crippen LogP contribution is -2.41. The fraction of sp³-hybridized carbons (Fsp3) is 0.500. The maximum atomic E-state index is 12.4. The predicted molar refractivity (Wildman–Crippen MR) is 97.6 cm³/mol. The summed E-state index contributed by atoms with van der Waals surface area (Å²) in [6.07, 6.45) is 5.02. The Morgan fingerprint density at radius 1 is 1.04 bits per heavy atom. The molecule has 1 aromatic rings. The molecule has 0 aromatic heterocycles. The largest absolute Gasteiger partial charge is 0.338 e. The molecule has 134 valence electrons. The molecule has 6 nitrogen and oxygen atoms in total. The van der Waals surface area contributed by atoms with Gasteiger partial charge in [-0.25, -0.2) is 4.79 Å². The van der Waals surface area contributed by atoms with Crippen molar-refractivity contribution in [2.75, 3.05) is 26.2 Å². The minimum Gasteiger partial charge on any atom is -0.338 e. The quantitative estimate of drug-likeness (QED) is 0.615. The lowest BCUT2D eigenvalue weighted by molar-refractivity contribution is 0.0653. The van der Waals surface area contributed by atoms with Gasteiger partial charge in [0.15, 0.2) is 0 Å². The third-order valence-corrected chi connectivity index (χ3v) is 5.15. The first-order valence-corrected chi connectivity index (χ1v) is 9.56. The second-order valence-electron chi connectivity index (χ2n) is 6.44. The molecule has 7 heteroatoms. The van der Waals surface area contributed by atoms with Gasteiger partial charge in [-0.15, -0.1) is 0 Å². The Hall–Kier alpha value is -1.89. The Morgan fingerprint density at radius 2 is 1.72 bits per heavy atom. The number of benzene rings is 1. The number of halogens is 1. The van der Waals surface area contributed by atoms with Crippen molar-refractivity contribution in [2.24, 2.45) is 0 Å². The number of urea groups is 1. The molecule has 1 saturated heterocycles. The SMILES string of the molecule is O=C(NCCCN1C(=O)c2ccc(Br)cc2C1=O)N1CCCCCC1. The number of hydrogen-bond donors (Lipinski definition) is 1. The molecule has 2 aliphatic heterocycles. The van der Waals surface area contributed by atoms with Crippen molar-refractivity contribution < 1.29 is 14.4 Å². The van der Waals surface area contributed by atoms with E-state index in [9.17, 15) is 14.4 Å². The summed E-state index contributed by atoms with van der Waals surface area (Å²) in [6, 6.07) is 5.06. The Bertz CT molecular complexity index is 684. The number of nitrogens with one attached hydrogen (secondary N) is 1. The Morgan fingerprint density at radius 3 is 2.44 bits per heavy atom. The van der Waals surface area contributed by atoms with Gasteiger partial charge < -0.3 is 10.2 Å². The van der Waals surface area contributed by atoms with Crippen LogP contribution in [0.2, 0.25) is 0 Å². The molecule has 0 bridgehead atoms. The van der Waals surface area contributed by atoms with Gasteiger partial charge in [-0.05, 0) is 37.5 Å². The monoisotopic (exact) mass is 407 g/mol. The van der Waals surface area contributed by atoms with Crippen LogP contribution in [-0.4, -0.2) is 53.8 Å².